The molecule has 1 aliphatic heterocycles. The topological polar surface area (TPSA) is 76.7 Å². The smallest absolute Gasteiger partial charge is 0.253 e. The molecule has 5 rings (SSSR count). The first-order valence-corrected chi connectivity index (χ1v) is 10.2. The van der Waals surface area contributed by atoms with E-state index in [1.165, 1.54) is 12.8 Å². The Labute approximate surface area is 169 Å². The summed E-state index contributed by atoms with van der Waals surface area (Å²) in [7, 11) is 0. The van der Waals surface area contributed by atoms with Gasteiger partial charge in [0.2, 0.25) is 12.7 Å². The monoisotopic (exact) mass is 392 g/mol. The van der Waals surface area contributed by atoms with Crippen molar-refractivity contribution in [3.8, 4) is 11.5 Å². The second-order valence-corrected chi connectivity index (χ2v) is 8.19. The SMILES string of the molecule is O=C(NCc1ccc2c(c1)OCO2)c1ccccc1NC(=O)C1CC2CCC1C2. The minimum Gasteiger partial charge on any atom is -0.454 e. The summed E-state index contributed by atoms with van der Waals surface area (Å²) in [5.74, 6) is 2.53. The second-order valence-electron chi connectivity index (χ2n) is 8.19. The van der Waals surface area contributed by atoms with E-state index in [4.69, 9.17) is 9.47 Å². The van der Waals surface area contributed by atoms with Crippen molar-refractivity contribution in [3.05, 3.63) is 53.6 Å². The molecule has 3 unspecified atom stereocenters. The molecule has 0 radical (unpaired) electrons. The van der Waals surface area contributed by atoms with E-state index in [2.05, 4.69) is 10.6 Å². The molecule has 2 amide bonds. The van der Waals surface area contributed by atoms with Gasteiger partial charge in [0.05, 0.1) is 11.3 Å². The van der Waals surface area contributed by atoms with E-state index in [0.29, 0.717) is 41.1 Å². The maximum atomic E-state index is 12.8. The third kappa shape index (κ3) is 3.55. The summed E-state index contributed by atoms with van der Waals surface area (Å²) >= 11 is 0. The zero-order chi connectivity index (χ0) is 19.8. The fourth-order valence-electron chi connectivity index (χ4n) is 4.91. The van der Waals surface area contributed by atoms with Crippen molar-refractivity contribution in [3.63, 3.8) is 0 Å². The van der Waals surface area contributed by atoms with Crippen molar-refractivity contribution < 1.29 is 19.1 Å². The van der Waals surface area contributed by atoms with Crippen molar-refractivity contribution in [2.75, 3.05) is 12.1 Å². The molecule has 0 saturated heterocycles. The van der Waals surface area contributed by atoms with E-state index in [1.54, 1.807) is 12.1 Å². The molecule has 1 heterocycles. The Morgan fingerprint density at radius 2 is 1.86 bits per heavy atom. The molecule has 2 aliphatic carbocycles. The largest absolute Gasteiger partial charge is 0.454 e. The molecule has 6 nitrogen and oxygen atoms in total. The van der Waals surface area contributed by atoms with Gasteiger partial charge in [-0.05, 0) is 60.9 Å². The average Bonchev–Trinajstić information content (AvgIpc) is 3.48. The second kappa shape index (κ2) is 7.43. The van der Waals surface area contributed by atoms with E-state index in [0.717, 1.165) is 18.4 Å². The van der Waals surface area contributed by atoms with Crippen molar-refractivity contribution in [1.29, 1.82) is 0 Å². The van der Waals surface area contributed by atoms with Crippen LogP contribution < -0.4 is 20.1 Å². The van der Waals surface area contributed by atoms with Gasteiger partial charge < -0.3 is 20.1 Å². The predicted octanol–water partition coefficient (Wildman–Crippen LogP) is 3.72. The average molecular weight is 392 g/mol. The maximum absolute atomic E-state index is 12.8. The van der Waals surface area contributed by atoms with E-state index >= 15 is 0 Å². The van der Waals surface area contributed by atoms with Gasteiger partial charge in [-0.15, -0.1) is 0 Å². The van der Waals surface area contributed by atoms with E-state index in [1.807, 2.05) is 30.3 Å². The number of amides is 2. The number of benzene rings is 2. The number of carbonyl (C=O) groups is 2. The molecule has 29 heavy (non-hydrogen) atoms. The van der Waals surface area contributed by atoms with Crippen molar-refractivity contribution in [2.24, 2.45) is 17.8 Å². The number of fused-ring (bicyclic) bond motifs is 3. The third-order valence-electron chi connectivity index (χ3n) is 6.39. The summed E-state index contributed by atoms with van der Waals surface area (Å²) in [4.78, 5) is 25.6. The van der Waals surface area contributed by atoms with Crippen molar-refractivity contribution in [2.45, 2.75) is 32.2 Å². The Kier molecular flexibility index (Phi) is 4.62. The van der Waals surface area contributed by atoms with Crippen LogP contribution in [0, 0.1) is 17.8 Å². The van der Waals surface area contributed by atoms with Crippen LogP contribution >= 0.6 is 0 Å². The third-order valence-corrected chi connectivity index (χ3v) is 6.39. The Balaban J connectivity index is 1.25. The summed E-state index contributed by atoms with van der Waals surface area (Å²) in [6.07, 6.45) is 4.57. The van der Waals surface area contributed by atoms with Crippen LogP contribution in [0.5, 0.6) is 11.5 Å². The first-order chi connectivity index (χ1) is 14.2. The van der Waals surface area contributed by atoms with Crippen LogP contribution in [-0.4, -0.2) is 18.6 Å². The highest BCUT2D eigenvalue weighted by atomic mass is 16.7. The summed E-state index contributed by atoms with van der Waals surface area (Å²) in [6, 6.07) is 12.8. The lowest BCUT2D eigenvalue weighted by molar-refractivity contribution is -0.121. The van der Waals surface area contributed by atoms with Gasteiger partial charge in [0.1, 0.15) is 0 Å². The Morgan fingerprint density at radius 1 is 1.00 bits per heavy atom. The van der Waals surface area contributed by atoms with Crippen LogP contribution in [0.1, 0.15) is 41.6 Å². The molecular formula is C23H24N2O4. The molecule has 2 N–H and O–H groups in total. The quantitative estimate of drug-likeness (QED) is 0.813. The van der Waals surface area contributed by atoms with E-state index in [-0.39, 0.29) is 24.5 Å². The Bertz CT molecular complexity index is 958. The zero-order valence-electron chi connectivity index (χ0n) is 16.1. The van der Waals surface area contributed by atoms with E-state index < -0.39 is 0 Å². The first kappa shape index (κ1) is 18.0. The minimum absolute atomic E-state index is 0.0493. The summed E-state index contributed by atoms with van der Waals surface area (Å²) in [5.41, 5.74) is 1.97. The molecule has 150 valence electrons. The van der Waals surface area contributed by atoms with Crippen molar-refractivity contribution in [1.82, 2.24) is 5.32 Å². The molecule has 2 aromatic rings. The lowest BCUT2D eigenvalue weighted by atomic mass is 9.88. The van der Waals surface area contributed by atoms with Crippen LogP contribution in [-0.2, 0) is 11.3 Å². The molecule has 2 aromatic carbocycles. The highest BCUT2D eigenvalue weighted by Gasteiger charge is 2.43. The number of ether oxygens (including phenoxy) is 2. The molecule has 2 fully saturated rings. The lowest BCUT2D eigenvalue weighted by Gasteiger charge is -2.21. The van der Waals surface area contributed by atoms with Crippen LogP contribution in [0.3, 0.4) is 0 Å². The lowest BCUT2D eigenvalue weighted by Crippen LogP contribution is -2.29. The van der Waals surface area contributed by atoms with Crippen LogP contribution in [0.4, 0.5) is 5.69 Å². The fraction of sp³-hybridized carbons (Fsp3) is 0.391. The molecule has 2 bridgehead atoms. The van der Waals surface area contributed by atoms with Crippen LogP contribution in [0.15, 0.2) is 42.5 Å². The summed E-state index contributed by atoms with van der Waals surface area (Å²) in [6.45, 7) is 0.588. The van der Waals surface area contributed by atoms with Gasteiger partial charge in [-0.1, -0.05) is 24.6 Å². The standard InChI is InChI=1S/C23H24N2O4/c26-22(24-12-15-6-8-20-21(11-15)29-13-28-20)17-3-1-2-4-19(17)25-23(27)18-10-14-5-7-16(18)9-14/h1-4,6,8,11,14,16,18H,5,7,9-10,12-13H2,(H,24,26)(H,25,27). The van der Waals surface area contributed by atoms with Crippen LogP contribution in [0.25, 0.3) is 0 Å². The number of nitrogens with one attached hydrogen (secondary N) is 2. The number of rotatable bonds is 5. The minimum atomic E-state index is -0.216. The predicted molar refractivity (Wildman–Crippen MR) is 108 cm³/mol. The molecular weight excluding hydrogens is 368 g/mol. The molecule has 0 aromatic heterocycles. The van der Waals surface area contributed by atoms with E-state index in [9.17, 15) is 9.59 Å². The Morgan fingerprint density at radius 3 is 2.69 bits per heavy atom. The molecule has 2 saturated carbocycles. The normalized spacial score (nSPS) is 23.8. The van der Waals surface area contributed by atoms with Gasteiger partial charge in [0.25, 0.3) is 5.91 Å². The van der Waals surface area contributed by atoms with Crippen LogP contribution in [0.2, 0.25) is 0 Å². The molecule has 6 heteroatoms. The highest BCUT2D eigenvalue weighted by Crippen LogP contribution is 2.48. The number of carbonyl (C=O) groups excluding carboxylic acids is 2. The summed E-state index contributed by atoms with van der Waals surface area (Å²) in [5, 5.41) is 5.94. The van der Waals surface area contributed by atoms with Gasteiger partial charge in [-0.25, -0.2) is 0 Å². The Hall–Kier alpha value is -3.02. The zero-order valence-corrected chi connectivity index (χ0v) is 16.1. The number of hydrogen-bond acceptors (Lipinski definition) is 4. The van der Waals surface area contributed by atoms with Gasteiger partial charge in [0, 0.05) is 12.5 Å². The molecule has 3 aliphatic rings. The van der Waals surface area contributed by atoms with Gasteiger partial charge in [0.15, 0.2) is 11.5 Å². The fourth-order valence-corrected chi connectivity index (χ4v) is 4.91. The number of hydrogen-bond donors (Lipinski definition) is 2. The highest BCUT2D eigenvalue weighted by molar-refractivity contribution is 6.04. The van der Waals surface area contributed by atoms with Crippen molar-refractivity contribution >= 4 is 17.5 Å². The summed E-state index contributed by atoms with van der Waals surface area (Å²) < 4.78 is 10.7. The molecule has 0 spiro atoms. The maximum Gasteiger partial charge on any atom is 0.253 e. The van der Waals surface area contributed by atoms with Gasteiger partial charge in [-0.3, -0.25) is 9.59 Å². The van der Waals surface area contributed by atoms with Gasteiger partial charge >= 0.3 is 0 Å². The molecule has 3 atom stereocenters. The first-order valence-electron chi connectivity index (χ1n) is 10.2. The van der Waals surface area contributed by atoms with Gasteiger partial charge in [-0.2, -0.15) is 0 Å². The number of anilines is 1. The number of para-hydroxylation sites is 1.